The highest BCUT2D eigenvalue weighted by atomic mass is 35.5. The van der Waals surface area contributed by atoms with Crippen LogP contribution in [0.1, 0.15) is 11.4 Å². The molecule has 0 amide bonds. The molecule has 1 aromatic rings. The summed E-state index contributed by atoms with van der Waals surface area (Å²) in [5.74, 6) is 2.04. The van der Waals surface area contributed by atoms with Crippen molar-refractivity contribution in [2.24, 2.45) is 4.99 Å². The lowest BCUT2D eigenvalue weighted by molar-refractivity contribution is 0.185. The van der Waals surface area contributed by atoms with Crippen molar-refractivity contribution in [3.05, 3.63) is 59.4 Å². The number of ether oxygens (including phenoxy) is 1. The van der Waals surface area contributed by atoms with Crippen molar-refractivity contribution in [1.82, 2.24) is 20.2 Å². The quantitative estimate of drug-likeness (QED) is 0.882. The molecule has 0 aromatic carbocycles. The van der Waals surface area contributed by atoms with Gasteiger partial charge in [-0.05, 0) is 0 Å². The Balaban J connectivity index is 1.69. The Kier molecular flexibility index (Phi) is 5.27. The van der Waals surface area contributed by atoms with E-state index in [0.717, 1.165) is 43.2 Å². The van der Waals surface area contributed by atoms with Crippen molar-refractivity contribution in [2.45, 2.75) is 6.54 Å². The molecule has 3 heterocycles. The van der Waals surface area contributed by atoms with Gasteiger partial charge in [-0.3, -0.25) is 9.89 Å². The predicted octanol–water partition coefficient (Wildman–Crippen LogP) is 1.85. The third-order valence-electron chi connectivity index (χ3n) is 3.83. The minimum atomic E-state index is 0.407. The zero-order valence-corrected chi connectivity index (χ0v) is 14.2. The van der Waals surface area contributed by atoms with Gasteiger partial charge in [-0.25, -0.2) is 9.97 Å². The fourth-order valence-corrected chi connectivity index (χ4v) is 2.85. The van der Waals surface area contributed by atoms with E-state index < -0.39 is 0 Å². The molecule has 1 aromatic heterocycles. The first-order valence-corrected chi connectivity index (χ1v) is 8.20. The van der Waals surface area contributed by atoms with Gasteiger partial charge in [-0.1, -0.05) is 30.8 Å². The van der Waals surface area contributed by atoms with Crippen LogP contribution in [0.2, 0.25) is 0 Å². The second-order valence-corrected chi connectivity index (χ2v) is 6.05. The van der Waals surface area contributed by atoms with Crippen LogP contribution in [0.15, 0.2) is 53.0 Å². The third kappa shape index (κ3) is 3.83. The maximum atomic E-state index is 6.01. The normalized spacial score (nSPS) is 18.5. The molecule has 126 valence electrons. The van der Waals surface area contributed by atoms with E-state index in [1.54, 1.807) is 6.08 Å². The van der Waals surface area contributed by atoms with Gasteiger partial charge in [-0.2, -0.15) is 0 Å². The van der Waals surface area contributed by atoms with Crippen LogP contribution in [0.3, 0.4) is 0 Å². The van der Waals surface area contributed by atoms with E-state index in [-0.39, 0.29) is 0 Å². The molecule has 0 unspecified atom stereocenters. The molecule has 24 heavy (non-hydrogen) atoms. The molecule has 0 saturated heterocycles. The van der Waals surface area contributed by atoms with E-state index in [1.165, 1.54) is 0 Å². The number of halogens is 1. The molecule has 6 nitrogen and oxygen atoms in total. The van der Waals surface area contributed by atoms with Crippen molar-refractivity contribution in [3.63, 3.8) is 0 Å². The molecule has 0 saturated carbocycles. The minimum Gasteiger partial charge on any atom is -0.490 e. The summed E-state index contributed by atoms with van der Waals surface area (Å²) in [4.78, 5) is 15.4. The largest absolute Gasteiger partial charge is 0.490 e. The molecule has 2 aliphatic rings. The van der Waals surface area contributed by atoms with Crippen molar-refractivity contribution in [1.29, 1.82) is 0 Å². The summed E-state index contributed by atoms with van der Waals surface area (Å²) in [6.45, 7) is 12.0. The Morgan fingerprint density at radius 3 is 2.83 bits per heavy atom. The second kappa shape index (κ2) is 7.59. The highest BCUT2D eigenvalue weighted by molar-refractivity contribution is 6.31. The predicted molar refractivity (Wildman–Crippen MR) is 94.9 cm³/mol. The molecule has 2 aliphatic heterocycles. The van der Waals surface area contributed by atoms with Crippen LogP contribution < -0.4 is 5.32 Å². The van der Waals surface area contributed by atoms with E-state index >= 15 is 0 Å². The summed E-state index contributed by atoms with van der Waals surface area (Å²) in [6.07, 6.45) is 5.45. The Bertz CT molecular complexity index is 695. The van der Waals surface area contributed by atoms with Crippen LogP contribution in [0.4, 0.5) is 0 Å². The first kappa shape index (κ1) is 16.7. The van der Waals surface area contributed by atoms with E-state index in [1.807, 2.05) is 12.4 Å². The molecule has 0 spiro atoms. The first-order chi connectivity index (χ1) is 11.7. The number of rotatable bonds is 5. The van der Waals surface area contributed by atoms with Crippen LogP contribution in [-0.2, 0) is 11.3 Å². The van der Waals surface area contributed by atoms with Crippen LogP contribution in [-0.4, -0.2) is 53.5 Å². The summed E-state index contributed by atoms with van der Waals surface area (Å²) < 4.78 is 5.70. The lowest BCUT2D eigenvalue weighted by atomic mass is 10.2. The van der Waals surface area contributed by atoms with Crippen LogP contribution in [0.25, 0.3) is 0 Å². The van der Waals surface area contributed by atoms with Gasteiger partial charge in [0.25, 0.3) is 0 Å². The van der Waals surface area contributed by atoms with Crippen molar-refractivity contribution < 1.29 is 4.74 Å². The fraction of sp³-hybridized carbons (Fsp3) is 0.353. The maximum absolute atomic E-state index is 6.01. The number of hydrogen-bond donors (Lipinski definition) is 1. The average molecular weight is 346 g/mol. The van der Waals surface area contributed by atoms with Crippen LogP contribution in [0, 0.1) is 0 Å². The smallest absolute Gasteiger partial charge is 0.194 e. The maximum Gasteiger partial charge on any atom is 0.194 e. The SMILES string of the molecule is C=CC1=C(C(=C)Cl)OCCN(Cc2cnc(C3=NCCN3)nc2)C1. The van der Waals surface area contributed by atoms with Gasteiger partial charge < -0.3 is 10.1 Å². The van der Waals surface area contributed by atoms with Gasteiger partial charge in [-0.15, -0.1) is 0 Å². The number of nitrogens with zero attached hydrogens (tertiary/aromatic N) is 4. The van der Waals surface area contributed by atoms with Gasteiger partial charge in [0.2, 0.25) is 0 Å². The Morgan fingerprint density at radius 1 is 1.42 bits per heavy atom. The lowest BCUT2D eigenvalue weighted by Crippen LogP contribution is -2.27. The molecule has 0 radical (unpaired) electrons. The molecule has 0 atom stereocenters. The highest BCUT2D eigenvalue weighted by Gasteiger charge is 2.18. The zero-order valence-electron chi connectivity index (χ0n) is 13.5. The third-order valence-corrected chi connectivity index (χ3v) is 4.00. The van der Waals surface area contributed by atoms with Crippen molar-refractivity contribution in [2.75, 3.05) is 32.8 Å². The number of aromatic nitrogens is 2. The number of amidine groups is 1. The number of hydrogen-bond acceptors (Lipinski definition) is 6. The summed E-state index contributed by atoms with van der Waals surface area (Å²) in [5.41, 5.74) is 1.98. The van der Waals surface area contributed by atoms with Crippen LogP contribution in [0.5, 0.6) is 0 Å². The van der Waals surface area contributed by atoms with E-state index in [9.17, 15) is 0 Å². The molecule has 3 rings (SSSR count). The van der Waals surface area contributed by atoms with Gasteiger partial charge in [0.15, 0.2) is 11.7 Å². The van der Waals surface area contributed by atoms with Gasteiger partial charge in [0, 0.05) is 49.7 Å². The molecule has 0 bridgehead atoms. The molecule has 1 N–H and O–H groups in total. The van der Waals surface area contributed by atoms with E-state index in [2.05, 4.69) is 38.3 Å². The number of allylic oxidation sites excluding steroid dienone is 1. The molecular formula is C17H20ClN5O. The average Bonchev–Trinajstić information content (AvgIpc) is 3.03. The standard InChI is InChI=1S/C17H20ClN5O/c1-3-14-11-23(6-7-24-15(14)12(2)18)10-13-8-21-17(22-9-13)16-19-4-5-20-16/h3,8-9H,1-2,4-7,10-11H2,(H,19,20). The van der Waals surface area contributed by atoms with Gasteiger partial charge >= 0.3 is 0 Å². The zero-order chi connectivity index (χ0) is 16.9. The summed E-state index contributed by atoms with van der Waals surface area (Å²) >= 11 is 6.01. The van der Waals surface area contributed by atoms with Crippen LogP contribution >= 0.6 is 11.6 Å². The van der Waals surface area contributed by atoms with Gasteiger partial charge in [0.1, 0.15) is 12.4 Å². The summed E-state index contributed by atoms with van der Waals surface area (Å²) in [7, 11) is 0. The summed E-state index contributed by atoms with van der Waals surface area (Å²) in [5, 5.41) is 3.58. The molecular weight excluding hydrogens is 326 g/mol. The molecule has 0 fully saturated rings. The van der Waals surface area contributed by atoms with Crippen molar-refractivity contribution >= 4 is 17.4 Å². The van der Waals surface area contributed by atoms with E-state index in [0.29, 0.717) is 29.8 Å². The second-order valence-electron chi connectivity index (χ2n) is 5.59. The van der Waals surface area contributed by atoms with E-state index in [4.69, 9.17) is 16.3 Å². The minimum absolute atomic E-state index is 0.407. The topological polar surface area (TPSA) is 62.6 Å². The van der Waals surface area contributed by atoms with Gasteiger partial charge in [0.05, 0.1) is 11.6 Å². The Labute approximate surface area is 146 Å². The first-order valence-electron chi connectivity index (χ1n) is 7.82. The van der Waals surface area contributed by atoms with Crippen molar-refractivity contribution in [3.8, 4) is 0 Å². The summed E-state index contributed by atoms with van der Waals surface area (Å²) in [6, 6.07) is 0. The Morgan fingerprint density at radius 2 is 2.21 bits per heavy atom. The number of nitrogens with one attached hydrogen (secondary N) is 1. The number of aliphatic imine (C=N–C) groups is 1. The monoisotopic (exact) mass is 345 g/mol. The Hall–Kier alpha value is -2.18. The lowest BCUT2D eigenvalue weighted by Gasteiger charge is -2.19. The molecule has 0 aliphatic carbocycles. The fourth-order valence-electron chi connectivity index (χ4n) is 2.67. The molecule has 7 heteroatoms. The highest BCUT2D eigenvalue weighted by Crippen LogP contribution is 2.23.